The molecule has 1 aromatic carbocycles. The zero-order valence-corrected chi connectivity index (χ0v) is 15.6. The molecule has 0 N–H and O–H groups in total. The van der Waals surface area contributed by atoms with Crippen molar-refractivity contribution in [2.24, 2.45) is 0 Å². The third-order valence-electron chi connectivity index (χ3n) is 5.05. The molecular weight excluding hydrogens is 330 g/mol. The van der Waals surface area contributed by atoms with Crippen LogP contribution in [0.25, 0.3) is 16.2 Å². The molecule has 0 amide bonds. The molecule has 0 bridgehead atoms. The number of aromatic nitrogens is 2. The van der Waals surface area contributed by atoms with E-state index in [2.05, 4.69) is 36.1 Å². The van der Waals surface area contributed by atoms with Crippen molar-refractivity contribution in [2.45, 2.75) is 39.7 Å². The van der Waals surface area contributed by atoms with Crippen LogP contribution in [0.2, 0.25) is 0 Å². The van der Waals surface area contributed by atoms with Crippen LogP contribution in [-0.2, 0) is 6.54 Å². The Hall–Kier alpha value is -1.98. The lowest BCUT2D eigenvalue weighted by molar-refractivity contribution is 0.219. The molecule has 0 aliphatic carbocycles. The van der Waals surface area contributed by atoms with Gasteiger partial charge in [-0.25, -0.2) is 4.98 Å². The monoisotopic (exact) mass is 353 g/mol. The van der Waals surface area contributed by atoms with Crippen LogP contribution in [0.5, 0.6) is 0 Å². The number of hydrogen-bond acceptors (Lipinski definition) is 4. The fourth-order valence-electron chi connectivity index (χ4n) is 3.53. The maximum Gasteiger partial charge on any atom is 0.263 e. The molecule has 0 atom stereocenters. The van der Waals surface area contributed by atoms with E-state index in [4.69, 9.17) is 4.98 Å². The van der Waals surface area contributed by atoms with Gasteiger partial charge in [0.2, 0.25) is 0 Å². The molecule has 5 heteroatoms. The molecule has 130 valence electrons. The van der Waals surface area contributed by atoms with Crippen molar-refractivity contribution in [3.8, 4) is 11.3 Å². The summed E-state index contributed by atoms with van der Waals surface area (Å²) in [6, 6.07) is 8.32. The first-order chi connectivity index (χ1) is 12.1. The van der Waals surface area contributed by atoms with Crippen molar-refractivity contribution in [3.05, 3.63) is 56.8 Å². The highest BCUT2D eigenvalue weighted by molar-refractivity contribution is 7.15. The number of aryl methyl sites for hydroxylation is 2. The predicted molar refractivity (Wildman–Crippen MR) is 103 cm³/mol. The molecular formula is C20H23N3OS. The molecule has 4 rings (SSSR count). The smallest absolute Gasteiger partial charge is 0.263 e. The maximum atomic E-state index is 13.2. The summed E-state index contributed by atoms with van der Waals surface area (Å²) in [7, 11) is 0. The Morgan fingerprint density at radius 2 is 1.80 bits per heavy atom. The molecule has 3 aromatic rings. The van der Waals surface area contributed by atoms with Crippen LogP contribution in [0.3, 0.4) is 0 Å². The summed E-state index contributed by atoms with van der Waals surface area (Å²) in [5.74, 6) is 0. The lowest BCUT2D eigenvalue weighted by Crippen LogP contribution is -2.33. The third kappa shape index (κ3) is 3.14. The van der Waals surface area contributed by atoms with Gasteiger partial charge < -0.3 is 0 Å². The van der Waals surface area contributed by atoms with Gasteiger partial charge in [0.15, 0.2) is 4.96 Å². The van der Waals surface area contributed by atoms with Crippen LogP contribution in [0, 0.1) is 13.8 Å². The van der Waals surface area contributed by atoms with Gasteiger partial charge in [-0.05, 0) is 45.3 Å². The number of likely N-dealkylation sites (tertiary alicyclic amines) is 1. The summed E-state index contributed by atoms with van der Waals surface area (Å²) in [4.78, 5) is 21.1. The molecule has 0 spiro atoms. The minimum absolute atomic E-state index is 0.0879. The minimum Gasteiger partial charge on any atom is -0.299 e. The first-order valence-corrected chi connectivity index (χ1v) is 9.80. The average Bonchev–Trinajstić information content (AvgIpc) is 3.04. The molecule has 25 heavy (non-hydrogen) atoms. The topological polar surface area (TPSA) is 37.6 Å². The Kier molecular flexibility index (Phi) is 4.44. The van der Waals surface area contributed by atoms with Crippen molar-refractivity contribution in [1.82, 2.24) is 14.3 Å². The van der Waals surface area contributed by atoms with Crippen LogP contribution >= 0.6 is 11.3 Å². The first kappa shape index (κ1) is 16.5. The quantitative estimate of drug-likeness (QED) is 0.713. The fourth-order valence-corrected chi connectivity index (χ4v) is 4.47. The Morgan fingerprint density at radius 1 is 1.08 bits per heavy atom. The number of thiazole rings is 1. The van der Waals surface area contributed by atoms with Crippen LogP contribution in [0.4, 0.5) is 0 Å². The second kappa shape index (κ2) is 6.73. The lowest BCUT2D eigenvalue weighted by atomic mass is 10.1. The summed E-state index contributed by atoms with van der Waals surface area (Å²) in [5.41, 5.74) is 5.02. The van der Waals surface area contributed by atoms with Gasteiger partial charge in [0.1, 0.15) is 0 Å². The first-order valence-electron chi connectivity index (χ1n) is 8.92. The van der Waals surface area contributed by atoms with E-state index in [1.54, 1.807) is 4.40 Å². The molecule has 4 nitrogen and oxygen atoms in total. The molecule has 1 saturated heterocycles. The average molecular weight is 353 g/mol. The second-order valence-electron chi connectivity index (χ2n) is 6.92. The number of fused-ring (bicyclic) bond motifs is 1. The second-order valence-corrected chi connectivity index (χ2v) is 7.76. The van der Waals surface area contributed by atoms with Crippen LogP contribution in [-0.4, -0.2) is 27.4 Å². The molecule has 3 heterocycles. The highest BCUT2D eigenvalue weighted by Gasteiger charge is 2.18. The van der Waals surface area contributed by atoms with Gasteiger partial charge >= 0.3 is 0 Å². The van der Waals surface area contributed by atoms with E-state index in [9.17, 15) is 4.79 Å². The van der Waals surface area contributed by atoms with Gasteiger partial charge in [0.05, 0.1) is 17.0 Å². The van der Waals surface area contributed by atoms with Crippen molar-refractivity contribution in [2.75, 3.05) is 13.1 Å². The Bertz CT molecular complexity index is 949. The molecule has 1 aliphatic heterocycles. The molecule has 0 unspecified atom stereocenters. The van der Waals surface area contributed by atoms with Gasteiger partial charge in [0, 0.05) is 11.9 Å². The minimum atomic E-state index is 0.0879. The fraction of sp³-hybridized carbons (Fsp3) is 0.400. The number of benzene rings is 1. The van der Waals surface area contributed by atoms with E-state index < -0.39 is 0 Å². The third-order valence-corrected chi connectivity index (χ3v) is 5.87. The predicted octanol–water partition coefficient (Wildman–Crippen LogP) is 4.03. The normalized spacial score (nSPS) is 15.8. The maximum absolute atomic E-state index is 13.2. The van der Waals surface area contributed by atoms with E-state index in [0.29, 0.717) is 6.54 Å². The van der Waals surface area contributed by atoms with Gasteiger partial charge in [-0.15, -0.1) is 11.3 Å². The van der Waals surface area contributed by atoms with Crippen molar-refractivity contribution < 1.29 is 0 Å². The van der Waals surface area contributed by atoms with Crippen molar-refractivity contribution in [3.63, 3.8) is 0 Å². The Morgan fingerprint density at radius 3 is 2.52 bits per heavy atom. The Labute approximate surface area is 151 Å². The highest BCUT2D eigenvalue weighted by Crippen LogP contribution is 2.25. The standard InChI is InChI=1S/C20H23N3OS/c1-14-6-8-16(9-7-14)18-13-25-20-21-15(2)17(19(24)23(18)20)12-22-10-4-3-5-11-22/h6-9,13H,3-5,10-12H2,1-2H3. The number of piperidine rings is 1. The van der Waals surface area contributed by atoms with Gasteiger partial charge in [0.25, 0.3) is 5.56 Å². The van der Waals surface area contributed by atoms with Crippen molar-refractivity contribution >= 4 is 16.3 Å². The molecule has 1 aliphatic rings. The van der Waals surface area contributed by atoms with Crippen molar-refractivity contribution in [1.29, 1.82) is 0 Å². The van der Waals surface area contributed by atoms with E-state index >= 15 is 0 Å². The molecule has 0 saturated carbocycles. The van der Waals surface area contributed by atoms with Crippen LogP contribution < -0.4 is 5.56 Å². The summed E-state index contributed by atoms with van der Waals surface area (Å²) in [5, 5.41) is 2.04. The largest absolute Gasteiger partial charge is 0.299 e. The number of nitrogens with zero attached hydrogens (tertiary/aromatic N) is 3. The van der Waals surface area contributed by atoms with Gasteiger partial charge in [-0.1, -0.05) is 36.2 Å². The van der Waals surface area contributed by atoms with E-state index in [1.165, 1.54) is 36.2 Å². The molecule has 1 fully saturated rings. The van der Waals surface area contributed by atoms with E-state index in [-0.39, 0.29) is 5.56 Å². The summed E-state index contributed by atoms with van der Waals surface area (Å²) in [6.07, 6.45) is 3.75. The molecule has 0 radical (unpaired) electrons. The lowest BCUT2D eigenvalue weighted by Gasteiger charge is -2.26. The SMILES string of the molecule is Cc1ccc(-c2csc3nc(C)c(CN4CCCCC4)c(=O)n23)cc1. The number of hydrogen-bond donors (Lipinski definition) is 0. The summed E-state index contributed by atoms with van der Waals surface area (Å²) < 4.78 is 1.79. The molecule has 2 aromatic heterocycles. The highest BCUT2D eigenvalue weighted by atomic mass is 32.1. The van der Waals surface area contributed by atoms with E-state index in [1.807, 2.05) is 12.3 Å². The number of rotatable bonds is 3. The van der Waals surface area contributed by atoms with Crippen LogP contribution in [0.15, 0.2) is 34.4 Å². The van der Waals surface area contributed by atoms with Gasteiger partial charge in [-0.3, -0.25) is 14.1 Å². The van der Waals surface area contributed by atoms with Crippen LogP contribution in [0.1, 0.15) is 36.1 Å². The van der Waals surface area contributed by atoms with E-state index in [0.717, 1.165) is 40.6 Å². The van der Waals surface area contributed by atoms with Gasteiger partial charge in [-0.2, -0.15) is 0 Å². The zero-order valence-electron chi connectivity index (χ0n) is 14.8. The summed E-state index contributed by atoms with van der Waals surface area (Å²) in [6.45, 7) is 6.91. The zero-order chi connectivity index (χ0) is 17.4. The Balaban J connectivity index is 1.80. The summed E-state index contributed by atoms with van der Waals surface area (Å²) >= 11 is 1.53.